The molecule has 3 heterocycles. The second kappa shape index (κ2) is 7.26. The number of hydrogen-bond acceptors (Lipinski definition) is 4. The molecule has 140 valence electrons. The van der Waals surface area contributed by atoms with E-state index in [-0.39, 0.29) is 6.03 Å². The number of imidazole rings is 1. The second-order valence-corrected chi connectivity index (χ2v) is 6.77. The third kappa shape index (κ3) is 3.32. The summed E-state index contributed by atoms with van der Waals surface area (Å²) >= 11 is 0. The number of pyridine rings is 1. The molecule has 1 aliphatic heterocycles. The highest BCUT2D eigenvalue weighted by Crippen LogP contribution is 2.26. The Morgan fingerprint density at radius 3 is 2.78 bits per heavy atom. The fourth-order valence-corrected chi connectivity index (χ4v) is 3.64. The molecule has 4 rings (SSSR count). The minimum absolute atomic E-state index is 0.0155. The van der Waals surface area contributed by atoms with Gasteiger partial charge in [0.15, 0.2) is 0 Å². The van der Waals surface area contributed by atoms with Crippen LogP contribution >= 0.6 is 0 Å². The summed E-state index contributed by atoms with van der Waals surface area (Å²) in [5, 5.41) is 2.71. The van der Waals surface area contributed by atoms with Crippen molar-refractivity contribution in [1.82, 2.24) is 24.8 Å². The first kappa shape index (κ1) is 17.3. The Morgan fingerprint density at radius 1 is 1.11 bits per heavy atom. The Hall–Kier alpha value is -3.09. The molecule has 3 aromatic rings. The number of amides is 2. The lowest BCUT2D eigenvalue weighted by Crippen LogP contribution is -2.40. The quantitative estimate of drug-likeness (QED) is 0.759. The van der Waals surface area contributed by atoms with Gasteiger partial charge in [0, 0.05) is 52.0 Å². The topological polar surface area (TPSA) is 66.3 Å². The number of hydrogen-bond donors (Lipinski definition) is 1. The van der Waals surface area contributed by atoms with Crippen LogP contribution in [0, 0.1) is 0 Å². The van der Waals surface area contributed by atoms with Gasteiger partial charge in [0.25, 0.3) is 0 Å². The normalized spacial score (nSPS) is 15.0. The Balaban J connectivity index is 1.61. The smallest absolute Gasteiger partial charge is 0.317 e. The monoisotopic (exact) mass is 364 g/mol. The average molecular weight is 364 g/mol. The summed E-state index contributed by atoms with van der Waals surface area (Å²) in [5.74, 6) is 1.86. The second-order valence-electron chi connectivity index (χ2n) is 6.77. The molecule has 1 saturated heterocycles. The van der Waals surface area contributed by atoms with E-state index in [4.69, 9.17) is 4.98 Å². The lowest BCUT2D eigenvalue weighted by atomic mass is 10.2. The van der Waals surface area contributed by atoms with E-state index < -0.39 is 0 Å². The van der Waals surface area contributed by atoms with E-state index in [1.807, 2.05) is 42.4 Å². The molecule has 0 radical (unpaired) electrons. The van der Waals surface area contributed by atoms with Crippen molar-refractivity contribution < 1.29 is 4.79 Å². The van der Waals surface area contributed by atoms with Crippen LogP contribution in [0.15, 0.2) is 42.6 Å². The highest BCUT2D eigenvalue weighted by molar-refractivity contribution is 5.80. The summed E-state index contributed by atoms with van der Waals surface area (Å²) < 4.78 is 2.12. The van der Waals surface area contributed by atoms with E-state index >= 15 is 0 Å². The van der Waals surface area contributed by atoms with Crippen LogP contribution in [0.1, 0.15) is 6.42 Å². The maximum Gasteiger partial charge on any atom is 0.317 e. The molecule has 7 nitrogen and oxygen atoms in total. The van der Waals surface area contributed by atoms with E-state index in [0.29, 0.717) is 6.54 Å². The molecule has 2 amide bonds. The molecule has 2 aromatic heterocycles. The number of benzene rings is 1. The first-order valence-electron chi connectivity index (χ1n) is 9.27. The van der Waals surface area contributed by atoms with E-state index in [1.165, 1.54) is 0 Å². The van der Waals surface area contributed by atoms with E-state index in [2.05, 4.69) is 31.9 Å². The lowest BCUT2D eigenvalue weighted by molar-refractivity contribution is 0.204. The molecular weight excluding hydrogens is 340 g/mol. The van der Waals surface area contributed by atoms with Crippen molar-refractivity contribution in [2.24, 2.45) is 7.05 Å². The summed E-state index contributed by atoms with van der Waals surface area (Å²) in [6.07, 6.45) is 2.76. The van der Waals surface area contributed by atoms with Crippen LogP contribution in [0.3, 0.4) is 0 Å². The minimum Gasteiger partial charge on any atom is -0.355 e. The fraction of sp³-hybridized carbons (Fsp3) is 0.350. The van der Waals surface area contributed by atoms with Crippen LogP contribution < -0.4 is 10.2 Å². The van der Waals surface area contributed by atoms with Crippen molar-refractivity contribution in [3.05, 3.63) is 42.6 Å². The van der Waals surface area contributed by atoms with Gasteiger partial charge in [-0.3, -0.25) is 0 Å². The molecule has 1 aliphatic rings. The maximum absolute atomic E-state index is 11.9. The van der Waals surface area contributed by atoms with Crippen molar-refractivity contribution in [3.8, 4) is 11.4 Å². The summed E-state index contributed by atoms with van der Waals surface area (Å²) in [5.41, 5.74) is 3.15. The molecule has 0 spiro atoms. The summed E-state index contributed by atoms with van der Waals surface area (Å²) in [6, 6.07) is 12.2. The predicted octanol–water partition coefficient (Wildman–Crippen LogP) is 2.49. The van der Waals surface area contributed by atoms with Crippen LogP contribution in [0.25, 0.3) is 22.4 Å². The van der Waals surface area contributed by atoms with Gasteiger partial charge in [0.1, 0.15) is 11.6 Å². The third-order valence-corrected chi connectivity index (χ3v) is 5.11. The first-order chi connectivity index (χ1) is 13.2. The van der Waals surface area contributed by atoms with Crippen LogP contribution in [-0.2, 0) is 7.05 Å². The summed E-state index contributed by atoms with van der Waals surface area (Å²) in [6.45, 7) is 3.11. The lowest BCUT2D eigenvalue weighted by Gasteiger charge is -2.23. The van der Waals surface area contributed by atoms with E-state index in [9.17, 15) is 4.79 Å². The highest BCUT2D eigenvalue weighted by Gasteiger charge is 2.20. The van der Waals surface area contributed by atoms with Crippen molar-refractivity contribution >= 4 is 22.9 Å². The van der Waals surface area contributed by atoms with Gasteiger partial charge < -0.3 is 19.7 Å². The number of para-hydroxylation sites is 2. The Bertz CT molecular complexity index is 966. The highest BCUT2D eigenvalue weighted by atomic mass is 16.2. The molecular formula is C20H24N6O. The van der Waals surface area contributed by atoms with Gasteiger partial charge in [0.2, 0.25) is 0 Å². The van der Waals surface area contributed by atoms with E-state index in [1.54, 1.807) is 7.05 Å². The zero-order chi connectivity index (χ0) is 18.8. The number of rotatable bonds is 2. The number of nitrogens with zero attached hydrogens (tertiary/aromatic N) is 5. The summed E-state index contributed by atoms with van der Waals surface area (Å²) in [4.78, 5) is 25.4. The third-order valence-electron chi connectivity index (χ3n) is 5.11. The summed E-state index contributed by atoms with van der Waals surface area (Å²) in [7, 11) is 3.71. The van der Waals surface area contributed by atoms with Crippen molar-refractivity contribution in [2.75, 3.05) is 38.1 Å². The maximum atomic E-state index is 11.9. The van der Waals surface area contributed by atoms with Crippen LogP contribution in [0.4, 0.5) is 10.6 Å². The van der Waals surface area contributed by atoms with E-state index in [0.717, 1.165) is 54.3 Å². The number of aryl methyl sites for hydroxylation is 1. The van der Waals surface area contributed by atoms with Gasteiger partial charge in [-0.05, 0) is 30.7 Å². The molecule has 1 aromatic carbocycles. The molecule has 0 aliphatic carbocycles. The number of nitrogens with one attached hydrogen (secondary N) is 1. The van der Waals surface area contributed by atoms with Gasteiger partial charge in [-0.15, -0.1) is 0 Å². The van der Waals surface area contributed by atoms with Gasteiger partial charge in [-0.25, -0.2) is 14.8 Å². The van der Waals surface area contributed by atoms with Crippen LogP contribution in [0.2, 0.25) is 0 Å². The van der Waals surface area contributed by atoms with Gasteiger partial charge in [-0.2, -0.15) is 0 Å². The average Bonchev–Trinajstić information content (AvgIpc) is 2.89. The minimum atomic E-state index is -0.0155. The molecule has 0 atom stereocenters. The van der Waals surface area contributed by atoms with Crippen LogP contribution in [-0.4, -0.2) is 58.7 Å². The molecule has 0 bridgehead atoms. The predicted molar refractivity (Wildman–Crippen MR) is 107 cm³/mol. The molecule has 0 unspecified atom stereocenters. The zero-order valence-corrected chi connectivity index (χ0v) is 15.7. The number of aromatic nitrogens is 3. The van der Waals surface area contributed by atoms with Gasteiger partial charge in [-0.1, -0.05) is 12.1 Å². The molecule has 7 heteroatoms. The van der Waals surface area contributed by atoms with Crippen molar-refractivity contribution in [3.63, 3.8) is 0 Å². The van der Waals surface area contributed by atoms with Gasteiger partial charge in [0.05, 0.1) is 11.0 Å². The standard InChI is InChI=1S/C20H24N6O/c1-21-20(27)26-11-5-10-25(12-13-26)18-14-15(8-9-22-18)19-23-16-6-3-4-7-17(16)24(19)2/h3-4,6-9,14H,5,10-13H2,1-2H3,(H,21,27). The molecule has 1 N–H and O–H groups in total. The number of carbonyl (C=O) groups excluding carboxylic acids is 1. The van der Waals surface area contributed by atoms with Gasteiger partial charge >= 0.3 is 6.03 Å². The Labute approximate surface area is 158 Å². The molecule has 1 fully saturated rings. The SMILES string of the molecule is CNC(=O)N1CCCN(c2cc(-c3nc4ccccc4n3C)ccn2)CC1. The number of anilines is 1. The fourth-order valence-electron chi connectivity index (χ4n) is 3.64. The van der Waals surface area contributed by atoms with Crippen molar-refractivity contribution in [1.29, 1.82) is 0 Å². The Kier molecular flexibility index (Phi) is 4.66. The number of fused-ring (bicyclic) bond motifs is 1. The molecule has 27 heavy (non-hydrogen) atoms. The number of urea groups is 1. The first-order valence-corrected chi connectivity index (χ1v) is 9.27. The number of carbonyl (C=O) groups is 1. The largest absolute Gasteiger partial charge is 0.355 e. The van der Waals surface area contributed by atoms with Crippen molar-refractivity contribution in [2.45, 2.75) is 6.42 Å². The molecule has 0 saturated carbocycles. The zero-order valence-electron chi connectivity index (χ0n) is 15.7. The Morgan fingerprint density at radius 2 is 1.96 bits per heavy atom. The van der Waals surface area contributed by atoms with Crippen LogP contribution in [0.5, 0.6) is 0 Å².